The summed E-state index contributed by atoms with van der Waals surface area (Å²) in [7, 11) is 10.0. The summed E-state index contributed by atoms with van der Waals surface area (Å²) in [5, 5.41) is 0. The normalized spacial score (nSPS) is 10.3. The van der Waals surface area contributed by atoms with Crippen molar-refractivity contribution < 1.29 is 33.4 Å². The molecule has 0 saturated heterocycles. The molecule has 0 aromatic rings. The van der Waals surface area contributed by atoms with Gasteiger partial charge in [-0.3, -0.25) is 13.8 Å². The molecular formula is H3Cl3FFeO4S. The Bertz CT molecular complexity index is 132. The predicted octanol–water partition coefficient (Wildman–Crippen LogP) is 1.57. The predicted molar refractivity (Wildman–Crippen MR) is 34.2 cm³/mol. The molecule has 0 rings (SSSR count). The van der Waals surface area contributed by atoms with Crippen LogP contribution >= 0.6 is 30.3 Å². The van der Waals surface area contributed by atoms with Gasteiger partial charge in [0.15, 0.2) is 0 Å². The third-order valence-corrected chi connectivity index (χ3v) is 0. The first kappa shape index (κ1) is 17.3. The standard InChI is InChI=1S/3ClH.FH.Fe.H2O4S/c;;;;;1-5(2,3)4/h4*1H;;(H2,1,2,3,4)/q;;;;+3;/p-3. The van der Waals surface area contributed by atoms with Gasteiger partial charge in [0.2, 0.25) is 0 Å². The molecule has 0 aliphatic rings. The maximum absolute atomic E-state index is 8.74. The van der Waals surface area contributed by atoms with Crippen LogP contribution in [-0.4, -0.2) is 17.5 Å². The van der Waals surface area contributed by atoms with Gasteiger partial charge in [-0.25, -0.2) is 0 Å². The van der Waals surface area contributed by atoms with Crippen LogP contribution in [0.5, 0.6) is 0 Å². The van der Waals surface area contributed by atoms with E-state index in [1.807, 2.05) is 0 Å². The Balaban J connectivity index is -0.0000000910. The van der Waals surface area contributed by atoms with Crippen LogP contribution in [0.1, 0.15) is 0 Å². The first-order valence-corrected chi connectivity index (χ1v) is 7.05. The van der Waals surface area contributed by atoms with Crippen molar-refractivity contribution in [2.45, 2.75) is 0 Å². The minimum atomic E-state index is -4.67. The van der Waals surface area contributed by atoms with Crippen molar-refractivity contribution in [3.05, 3.63) is 0 Å². The molecule has 0 atom stereocenters. The first-order valence-electron chi connectivity index (χ1n) is 1.10. The van der Waals surface area contributed by atoms with Gasteiger partial charge in [-0.05, 0) is 0 Å². The second kappa shape index (κ2) is 8.29. The van der Waals surface area contributed by atoms with Crippen LogP contribution in [0.15, 0.2) is 0 Å². The summed E-state index contributed by atoms with van der Waals surface area (Å²) in [6.07, 6.45) is 0. The molecule has 0 unspecified atom stereocenters. The average molecular weight is 280 g/mol. The van der Waals surface area contributed by atoms with Gasteiger partial charge in [-0.2, -0.15) is 8.42 Å². The fraction of sp³-hybridized carbons (Fsp3) is 0. The number of hydrogen-bond acceptors (Lipinski definition) is 2. The molecule has 0 aliphatic carbocycles. The molecule has 2 N–H and O–H groups in total. The SMILES string of the molecule is F.O=S(=O)(O)O.[Cl][Fe]([Cl])[Cl]. The quantitative estimate of drug-likeness (QED) is 0.521. The molecule has 10 heteroatoms. The molecule has 0 aromatic carbocycles. The second-order valence-electron chi connectivity index (χ2n) is 0.599. The molecule has 0 fully saturated rings. The van der Waals surface area contributed by atoms with E-state index < -0.39 is 21.6 Å². The van der Waals surface area contributed by atoms with Crippen molar-refractivity contribution in [2.24, 2.45) is 0 Å². The van der Waals surface area contributed by atoms with E-state index in [1.165, 1.54) is 0 Å². The van der Waals surface area contributed by atoms with E-state index in [0.717, 1.165) is 0 Å². The molecule has 0 aliphatic heterocycles. The Kier molecular flexibility index (Phi) is 14.4. The molecule has 4 nitrogen and oxygen atoms in total. The van der Waals surface area contributed by atoms with Gasteiger partial charge in [-0.1, -0.05) is 0 Å². The summed E-state index contributed by atoms with van der Waals surface area (Å²) in [6.45, 7) is 0. The van der Waals surface area contributed by atoms with Crippen molar-refractivity contribution in [1.82, 2.24) is 0 Å². The molecule has 69 valence electrons. The van der Waals surface area contributed by atoms with E-state index >= 15 is 0 Å². The van der Waals surface area contributed by atoms with E-state index in [0.29, 0.717) is 0 Å². The van der Waals surface area contributed by atoms with E-state index in [1.54, 1.807) is 0 Å². The number of rotatable bonds is 0. The molecule has 0 bridgehead atoms. The van der Waals surface area contributed by atoms with Gasteiger partial charge in [0, 0.05) is 0 Å². The van der Waals surface area contributed by atoms with Crippen molar-refractivity contribution >= 4 is 40.7 Å². The zero-order valence-corrected chi connectivity index (χ0v) is 8.20. The van der Waals surface area contributed by atoms with Crippen LogP contribution in [0.2, 0.25) is 0 Å². The third kappa shape index (κ3) is 436. The van der Waals surface area contributed by atoms with E-state index in [-0.39, 0.29) is 4.70 Å². The molecular weight excluding hydrogens is 277 g/mol. The Hall–Kier alpha value is 1.19. The van der Waals surface area contributed by atoms with Crippen LogP contribution in [0.25, 0.3) is 0 Å². The van der Waals surface area contributed by atoms with Crippen LogP contribution < -0.4 is 0 Å². The summed E-state index contributed by atoms with van der Waals surface area (Å²) < 4.78 is 31.6. The Morgan fingerprint density at radius 3 is 1.10 bits per heavy atom. The molecule has 0 aromatic heterocycles. The molecule has 0 heterocycles. The number of halogens is 4. The first-order chi connectivity index (χ1) is 3.73. The second-order valence-corrected chi connectivity index (χ2v) is 6.97. The molecule has 10 heavy (non-hydrogen) atoms. The van der Waals surface area contributed by atoms with Gasteiger partial charge in [0.25, 0.3) is 0 Å². The number of hydrogen-bond donors (Lipinski definition) is 2. The van der Waals surface area contributed by atoms with Crippen LogP contribution in [-0.2, 0) is 21.6 Å². The van der Waals surface area contributed by atoms with Crippen molar-refractivity contribution in [1.29, 1.82) is 0 Å². The minimum absolute atomic E-state index is 0. The Morgan fingerprint density at radius 1 is 1.10 bits per heavy atom. The van der Waals surface area contributed by atoms with Gasteiger partial charge in [0.05, 0.1) is 0 Å². The molecule has 0 amide bonds. The Morgan fingerprint density at radius 2 is 1.10 bits per heavy atom. The van der Waals surface area contributed by atoms with Crippen molar-refractivity contribution in [3.63, 3.8) is 0 Å². The summed E-state index contributed by atoms with van der Waals surface area (Å²) in [6, 6.07) is 0. The average Bonchev–Trinajstić information content (AvgIpc) is 1.19. The molecule has 0 spiro atoms. The van der Waals surface area contributed by atoms with Crippen LogP contribution in [0.3, 0.4) is 0 Å². The van der Waals surface area contributed by atoms with Crippen molar-refractivity contribution in [3.8, 4) is 0 Å². The summed E-state index contributed by atoms with van der Waals surface area (Å²) >= 11 is -1.33. The van der Waals surface area contributed by atoms with E-state index in [2.05, 4.69) is 0 Å². The topological polar surface area (TPSA) is 74.6 Å². The van der Waals surface area contributed by atoms with E-state index in [4.69, 9.17) is 47.8 Å². The third-order valence-electron chi connectivity index (χ3n) is 0. The summed E-state index contributed by atoms with van der Waals surface area (Å²) in [5.41, 5.74) is 0. The Labute approximate surface area is 74.0 Å². The maximum atomic E-state index is 8.74. The van der Waals surface area contributed by atoms with Gasteiger partial charge < -0.3 is 0 Å². The van der Waals surface area contributed by atoms with Crippen LogP contribution in [0.4, 0.5) is 4.70 Å². The zero-order chi connectivity index (χ0) is 8.08. The van der Waals surface area contributed by atoms with Gasteiger partial charge in [0.1, 0.15) is 0 Å². The fourth-order valence-corrected chi connectivity index (χ4v) is 0. The van der Waals surface area contributed by atoms with Crippen molar-refractivity contribution in [2.75, 3.05) is 0 Å². The van der Waals surface area contributed by atoms with Gasteiger partial charge in [-0.15, -0.1) is 0 Å². The van der Waals surface area contributed by atoms with Gasteiger partial charge >= 0.3 is 51.9 Å². The van der Waals surface area contributed by atoms with E-state index in [9.17, 15) is 0 Å². The zero-order valence-electron chi connectivity index (χ0n) is 4.01. The van der Waals surface area contributed by atoms with Crippen LogP contribution in [0, 0.1) is 0 Å². The summed E-state index contributed by atoms with van der Waals surface area (Å²) in [4.78, 5) is 0. The monoisotopic (exact) mass is 279 g/mol. The summed E-state index contributed by atoms with van der Waals surface area (Å²) in [5.74, 6) is 0. The molecule has 0 saturated carbocycles. The molecule has 0 radical (unpaired) electrons. The fourth-order valence-electron chi connectivity index (χ4n) is 0.